The van der Waals surface area contributed by atoms with Crippen molar-refractivity contribution in [1.29, 1.82) is 0 Å². The van der Waals surface area contributed by atoms with Crippen LogP contribution >= 0.6 is 0 Å². The molecule has 0 aromatic rings. The average molecular weight is 1170 g/mol. The van der Waals surface area contributed by atoms with E-state index in [9.17, 15) is 61.0 Å². The molecular formula is C63H115NO18. The molecule has 19 heteroatoms. The van der Waals surface area contributed by atoms with Crippen LogP contribution in [-0.4, -0.2) is 193 Å². The second-order valence-corrected chi connectivity index (χ2v) is 23.2. The summed E-state index contributed by atoms with van der Waals surface area (Å²) in [6, 6.07) is -0.966. The molecule has 3 aliphatic rings. The molecule has 0 bridgehead atoms. The van der Waals surface area contributed by atoms with Gasteiger partial charge >= 0.3 is 0 Å². The third-order valence-corrected chi connectivity index (χ3v) is 16.2. The highest BCUT2D eigenvalue weighted by atomic mass is 16.8. The largest absolute Gasteiger partial charge is 0.394 e. The van der Waals surface area contributed by atoms with Gasteiger partial charge in [-0.15, -0.1) is 0 Å². The first kappa shape index (κ1) is 74.3. The molecule has 480 valence electrons. The van der Waals surface area contributed by atoms with E-state index in [4.69, 9.17) is 28.4 Å². The van der Waals surface area contributed by atoms with Gasteiger partial charge in [0.15, 0.2) is 18.9 Å². The Balaban J connectivity index is 1.26. The van der Waals surface area contributed by atoms with Gasteiger partial charge in [0, 0.05) is 6.42 Å². The molecule has 12 N–H and O–H groups in total. The van der Waals surface area contributed by atoms with Crippen molar-refractivity contribution in [2.75, 3.05) is 26.4 Å². The van der Waals surface area contributed by atoms with Gasteiger partial charge in [-0.05, 0) is 44.9 Å². The molecule has 0 spiro atoms. The zero-order chi connectivity index (χ0) is 59.7. The first-order valence-corrected chi connectivity index (χ1v) is 32.2. The van der Waals surface area contributed by atoms with Crippen molar-refractivity contribution in [2.45, 2.75) is 330 Å². The summed E-state index contributed by atoms with van der Waals surface area (Å²) in [4.78, 5) is 13.2. The number of nitrogens with one attached hydrogen (secondary N) is 1. The molecule has 82 heavy (non-hydrogen) atoms. The fraction of sp³-hybridized carbons (Fsp3) is 0.889. The molecule has 0 aliphatic carbocycles. The summed E-state index contributed by atoms with van der Waals surface area (Å²) in [5.41, 5.74) is 0. The lowest BCUT2D eigenvalue weighted by atomic mass is 9.96. The standard InChI is InChI=1S/C63H115NO18/c1-3-5-7-9-10-11-12-13-14-15-16-17-18-19-20-21-22-23-24-25-26-27-28-29-30-31-32-33-34-35-36-37-39-41-51(69)64-46(47(68)40-38-8-6-4-2)45-77-61-57(75)54(72)59(49(43-66)79-61)82-63-58(76)55(73)60(50(44-67)80-63)81-62-56(74)53(71)52(70)48(42-65)78-62/h12-13,15-16,38,40,46-50,52-63,65-68,70-76H,3-11,14,17-37,39,41-45H2,1-2H3,(H,64,69)/b13-12-,16-15-,40-38+. The van der Waals surface area contributed by atoms with Crippen molar-refractivity contribution in [2.24, 2.45) is 0 Å². The average Bonchev–Trinajstić information content (AvgIpc) is 3.50. The van der Waals surface area contributed by atoms with Gasteiger partial charge in [-0.25, -0.2) is 0 Å². The normalized spacial score (nSPS) is 29.8. The summed E-state index contributed by atoms with van der Waals surface area (Å²) < 4.78 is 34.0. The Bertz CT molecular complexity index is 1640. The van der Waals surface area contributed by atoms with Crippen molar-refractivity contribution in [3.8, 4) is 0 Å². The van der Waals surface area contributed by atoms with Crippen molar-refractivity contribution < 1.29 is 89.4 Å². The highest BCUT2D eigenvalue weighted by molar-refractivity contribution is 5.76. The molecule has 17 atom stereocenters. The van der Waals surface area contributed by atoms with Gasteiger partial charge in [0.1, 0.15) is 73.2 Å². The van der Waals surface area contributed by atoms with E-state index in [1.165, 1.54) is 154 Å². The summed E-state index contributed by atoms with van der Waals surface area (Å²) in [6.45, 7) is 1.54. The second kappa shape index (κ2) is 46.2. The number of unbranched alkanes of at least 4 members (excludes halogenated alkanes) is 28. The summed E-state index contributed by atoms with van der Waals surface area (Å²) >= 11 is 0. The smallest absolute Gasteiger partial charge is 0.220 e. The van der Waals surface area contributed by atoms with Crippen LogP contribution in [0.4, 0.5) is 0 Å². The summed E-state index contributed by atoms with van der Waals surface area (Å²) in [7, 11) is 0. The van der Waals surface area contributed by atoms with Crippen molar-refractivity contribution in [3.63, 3.8) is 0 Å². The van der Waals surface area contributed by atoms with Crippen molar-refractivity contribution >= 4 is 5.91 Å². The molecule has 3 aliphatic heterocycles. The van der Waals surface area contributed by atoms with Crippen LogP contribution in [0.15, 0.2) is 36.5 Å². The summed E-state index contributed by atoms with van der Waals surface area (Å²) in [6.07, 6.45) is 25.5. The SMILES string of the molecule is CCCC/C=C/C(O)C(COC1OC(CO)C(OC2OC(CO)C(OC3OC(CO)C(O)C(O)C3O)C(O)C2O)C(O)C1O)NC(=O)CCCCCCCCCCCCCCCCCCCCCCC/C=C\C/C=C\CCCCCCC. The maximum atomic E-state index is 13.2. The molecular weight excluding hydrogens is 1060 g/mol. The quantitative estimate of drug-likeness (QED) is 0.0218. The Hall–Kier alpha value is -1.99. The minimum atomic E-state index is -1.97. The number of allylic oxidation sites excluding steroid dienone is 5. The van der Waals surface area contributed by atoms with Crippen molar-refractivity contribution in [3.05, 3.63) is 36.5 Å². The van der Waals surface area contributed by atoms with Gasteiger partial charge in [0.25, 0.3) is 0 Å². The first-order chi connectivity index (χ1) is 39.8. The van der Waals surface area contributed by atoms with Crippen LogP contribution in [0, 0.1) is 0 Å². The first-order valence-electron chi connectivity index (χ1n) is 32.2. The Morgan fingerprint density at radius 3 is 1.27 bits per heavy atom. The Kier molecular flexibility index (Phi) is 41.8. The number of carbonyl (C=O) groups excluding carboxylic acids is 1. The van der Waals surface area contributed by atoms with Crippen LogP contribution < -0.4 is 5.32 Å². The van der Waals surface area contributed by atoms with Crippen LogP contribution in [0.5, 0.6) is 0 Å². The van der Waals surface area contributed by atoms with E-state index in [1.807, 2.05) is 13.0 Å². The molecule has 17 unspecified atom stereocenters. The molecule has 3 saturated heterocycles. The van der Waals surface area contributed by atoms with Gasteiger partial charge < -0.3 is 89.9 Å². The van der Waals surface area contributed by atoms with E-state index in [2.05, 4.69) is 36.5 Å². The predicted octanol–water partition coefficient (Wildman–Crippen LogP) is 6.88. The van der Waals surface area contributed by atoms with Crippen LogP contribution in [0.25, 0.3) is 0 Å². The zero-order valence-corrected chi connectivity index (χ0v) is 50.2. The van der Waals surface area contributed by atoms with E-state index in [0.29, 0.717) is 12.8 Å². The van der Waals surface area contributed by atoms with Crippen LogP contribution in [-0.2, 0) is 33.2 Å². The van der Waals surface area contributed by atoms with Gasteiger partial charge in [-0.1, -0.05) is 211 Å². The van der Waals surface area contributed by atoms with E-state index < -0.39 is 124 Å². The monoisotopic (exact) mass is 1170 g/mol. The number of aliphatic hydroxyl groups is 11. The van der Waals surface area contributed by atoms with Crippen LogP contribution in [0.2, 0.25) is 0 Å². The number of hydrogen-bond donors (Lipinski definition) is 12. The third-order valence-electron chi connectivity index (χ3n) is 16.2. The maximum absolute atomic E-state index is 13.2. The second-order valence-electron chi connectivity index (χ2n) is 23.2. The highest BCUT2D eigenvalue weighted by Gasteiger charge is 2.53. The number of ether oxygens (including phenoxy) is 6. The summed E-state index contributed by atoms with van der Waals surface area (Å²) in [5, 5.41) is 119. The van der Waals surface area contributed by atoms with E-state index in [-0.39, 0.29) is 18.9 Å². The molecule has 3 fully saturated rings. The number of rotatable bonds is 48. The van der Waals surface area contributed by atoms with E-state index in [0.717, 1.165) is 38.5 Å². The lowest BCUT2D eigenvalue weighted by molar-refractivity contribution is -0.379. The number of hydrogen-bond acceptors (Lipinski definition) is 18. The molecule has 0 saturated carbocycles. The lowest BCUT2D eigenvalue weighted by Gasteiger charge is -2.48. The highest BCUT2D eigenvalue weighted by Crippen LogP contribution is 2.33. The molecule has 0 aromatic heterocycles. The number of carbonyl (C=O) groups is 1. The van der Waals surface area contributed by atoms with Gasteiger partial charge in [0.2, 0.25) is 5.91 Å². The van der Waals surface area contributed by atoms with Gasteiger partial charge in [-0.2, -0.15) is 0 Å². The van der Waals surface area contributed by atoms with E-state index >= 15 is 0 Å². The van der Waals surface area contributed by atoms with E-state index in [1.54, 1.807) is 6.08 Å². The predicted molar refractivity (Wildman–Crippen MR) is 314 cm³/mol. The number of amides is 1. The zero-order valence-electron chi connectivity index (χ0n) is 50.2. The fourth-order valence-electron chi connectivity index (χ4n) is 10.9. The molecule has 19 nitrogen and oxygen atoms in total. The van der Waals surface area contributed by atoms with Crippen molar-refractivity contribution in [1.82, 2.24) is 5.32 Å². The van der Waals surface area contributed by atoms with Gasteiger partial charge in [0.05, 0.1) is 38.6 Å². The molecule has 1 amide bonds. The minimum Gasteiger partial charge on any atom is -0.394 e. The van der Waals surface area contributed by atoms with Crippen LogP contribution in [0.3, 0.4) is 0 Å². The third kappa shape index (κ3) is 29.1. The molecule has 3 heterocycles. The summed E-state index contributed by atoms with van der Waals surface area (Å²) in [5.74, 6) is -0.283. The molecule has 0 radical (unpaired) electrons. The molecule has 0 aromatic carbocycles. The lowest BCUT2D eigenvalue weighted by Crippen LogP contribution is -2.66. The van der Waals surface area contributed by atoms with Gasteiger partial charge in [-0.3, -0.25) is 4.79 Å². The Morgan fingerprint density at radius 1 is 0.439 bits per heavy atom. The number of aliphatic hydroxyl groups excluding tert-OH is 11. The fourth-order valence-corrected chi connectivity index (χ4v) is 10.9. The van der Waals surface area contributed by atoms with Crippen LogP contribution in [0.1, 0.15) is 226 Å². The Labute approximate surface area is 491 Å². The topological polar surface area (TPSA) is 307 Å². The minimum absolute atomic E-state index is 0.244. The maximum Gasteiger partial charge on any atom is 0.220 e. The molecule has 3 rings (SSSR count). The Morgan fingerprint density at radius 2 is 0.817 bits per heavy atom.